The van der Waals surface area contributed by atoms with Crippen molar-refractivity contribution >= 4 is 41.9 Å². The number of fused-ring (bicyclic) bond motifs is 1. The molecule has 2 aromatic rings. The molecule has 44 heavy (non-hydrogen) atoms. The number of carbonyl (C=O) groups is 3. The van der Waals surface area contributed by atoms with Gasteiger partial charge in [-0.25, -0.2) is 4.98 Å². The number of amides is 3. The molecule has 2 aliphatic carbocycles. The average molecular weight is 614 g/mol. The number of hydrogen-bond donors (Lipinski definition) is 4. The maximum Gasteiger partial charge on any atom is 0.259 e. The quantitative estimate of drug-likeness (QED) is 0.232. The second-order valence-corrected chi connectivity index (χ2v) is 11.9. The number of aliphatic hydroxyl groups excluding tert-OH is 1. The van der Waals surface area contributed by atoms with Gasteiger partial charge in [0.1, 0.15) is 5.82 Å². The predicted molar refractivity (Wildman–Crippen MR) is 176 cm³/mol. The van der Waals surface area contributed by atoms with E-state index < -0.39 is 0 Å². The molecule has 230 valence electrons. The van der Waals surface area contributed by atoms with Gasteiger partial charge in [0.05, 0.1) is 16.5 Å². The summed E-state index contributed by atoms with van der Waals surface area (Å²) in [5.74, 6) is -0.0672. The number of pyridine rings is 1. The van der Waals surface area contributed by atoms with Crippen molar-refractivity contribution in [3.63, 3.8) is 0 Å². The molecule has 10 heteroatoms. The van der Waals surface area contributed by atoms with Crippen LogP contribution in [0.3, 0.4) is 0 Å². The molecule has 1 fully saturated rings. The summed E-state index contributed by atoms with van der Waals surface area (Å²) in [6.45, 7) is 3.17. The summed E-state index contributed by atoms with van der Waals surface area (Å²) in [6.07, 6.45) is 14.8. The number of nitrogens with one attached hydrogen (secondary N) is 2. The van der Waals surface area contributed by atoms with Crippen LogP contribution < -0.4 is 15.5 Å². The Labute approximate surface area is 263 Å². The Bertz CT molecular complexity index is 1530. The lowest BCUT2D eigenvalue weighted by Crippen LogP contribution is -2.43. The molecule has 0 spiro atoms. The molecule has 1 saturated carbocycles. The lowest BCUT2D eigenvalue weighted by molar-refractivity contribution is -0.116. The molecular formula is C34H39N5O4S. The number of nitrogens with zero attached hydrogens (tertiary/aromatic N) is 3. The van der Waals surface area contributed by atoms with Gasteiger partial charge in [-0.3, -0.25) is 14.4 Å². The first-order valence-corrected chi connectivity index (χ1v) is 15.5. The molecule has 5 rings (SSSR count). The van der Waals surface area contributed by atoms with E-state index in [4.69, 9.17) is 5.11 Å². The molecular weight excluding hydrogens is 574 g/mol. The van der Waals surface area contributed by atoms with E-state index in [1.807, 2.05) is 35.1 Å². The van der Waals surface area contributed by atoms with Crippen LogP contribution in [0.2, 0.25) is 0 Å². The standard InChI is InChI=1S/C34H39N5O4S/c1-22-24(21-30(44)33(42)37-26-14-15-26)16-19-39(29-9-4-3-7-27(22)29)34(43)23-10-12-25(13-11-23)36-32(41)28-8-5-17-35-31(28)38(2)18-6-20-40/h3-5,7-13,17,21,26-27,29,40,44H,6,14-16,18-20H2,1-2H3,(H,36,41)(H,37,42)/b30-21-. The van der Waals surface area contributed by atoms with E-state index in [2.05, 4.69) is 47.3 Å². The van der Waals surface area contributed by atoms with Crippen LogP contribution in [0.15, 0.2) is 89.0 Å². The molecule has 1 aliphatic heterocycles. The molecule has 0 radical (unpaired) electrons. The van der Waals surface area contributed by atoms with Crippen LogP contribution in [0, 0.1) is 5.92 Å². The molecule has 2 atom stereocenters. The highest BCUT2D eigenvalue weighted by Gasteiger charge is 2.34. The zero-order valence-corrected chi connectivity index (χ0v) is 26.0. The molecule has 3 N–H and O–H groups in total. The minimum atomic E-state index is -0.311. The Hall–Kier alpha value is -4.15. The van der Waals surface area contributed by atoms with Crippen molar-refractivity contribution in [2.75, 3.05) is 37.0 Å². The highest BCUT2D eigenvalue weighted by Crippen LogP contribution is 2.34. The molecule has 1 aromatic heterocycles. The van der Waals surface area contributed by atoms with Gasteiger partial charge in [-0.15, -0.1) is 12.6 Å². The zero-order chi connectivity index (χ0) is 31.2. The third kappa shape index (κ3) is 7.31. The molecule has 9 nitrogen and oxygen atoms in total. The second kappa shape index (κ2) is 14.1. The number of thiol groups is 1. The van der Waals surface area contributed by atoms with Crippen molar-refractivity contribution in [2.45, 2.75) is 44.7 Å². The minimum Gasteiger partial charge on any atom is -0.396 e. The first kappa shape index (κ1) is 31.3. The highest BCUT2D eigenvalue weighted by atomic mass is 32.1. The van der Waals surface area contributed by atoms with Gasteiger partial charge in [-0.1, -0.05) is 29.9 Å². The Balaban J connectivity index is 1.29. The van der Waals surface area contributed by atoms with Crippen molar-refractivity contribution in [2.24, 2.45) is 5.92 Å². The van der Waals surface area contributed by atoms with Crippen molar-refractivity contribution < 1.29 is 19.5 Å². The highest BCUT2D eigenvalue weighted by molar-refractivity contribution is 7.85. The third-order valence-electron chi connectivity index (χ3n) is 8.25. The third-order valence-corrected chi connectivity index (χ3v) is 8.58. The number of rotatable bonds is 10. The van der Waals surface area contributed by atoms with Crippen LogP contribution in [0.4, 0.5) is 11.5 Å². The molecule has 2 heterocycles. The van der Waals surface area contributed by atoms with E-state index in [9.17, 15) is 14.4 Å². The van der Waals surface area contributed by atoms with E-state index in [1.165, 1.54) is 0 Å². The summed E-state index contributed by atoms with van der Waals surface area (Å²) in [6, 6.07) is 10.4. The van der Waals surface area contributed by atoms with E-state index >= 15 is 0 Å². The second-order valence-electron chi connectivity index (χ2n) is 11.4. The van der Waals surface area contributed by atoms with Gasteiger partial charge in [0.15, 0.2) is 0 Å². The lowest BCUT2D eigenvalue weighted by Gasteiger charge is -2.34. The number of carbonyl (C=O) groups excluding carboxylic acids is 3. The van der Waals surface area contributed by atoms with Crippen LogP contribution in [0.5, 0.6) is 0 Å². The van der Waals surface area contributed by atoms with Gasteiger partial charge in [-0.05, 0) is 80.7 Å². The van der Waals surface area contributed by atoms with Crippen LogP contribution in [-0.4, -0.2) is 71.5 Å². The first-order valence-electron chi connectivity index (χ1n) is 15.0. The van der Waals surface area contributed by atoms with Gasteiger partial charge >= 0.3 is 0 Å². The topological polar surface area (TPSA) is 115 Å². The van der Waals surface area contributed by atoms with E-state index in [0.717, 1.165) is 24.0 Å². The number of aliphatic hydroxyl groups is 1. The SMILES string of the molecule is CC1=C(/C=C(\S)C(=O)NC2CC2)CCN(C(=O)c2ccc(NC(=O)c3cccnc3N(C)CCCO)cc2)C2C=CC=CC12. The number of aromatic nitrogens is 1. The van der Waals surface area contributed by atoms with Gasteiger partial charge in [-0.2, -0.15) is 0 Å². The van der Waals surface area contributed by atoms with E-state index in [1.54, 1.807) is 42.6 Å². The van der Waals surface area contributed by atoms with E-state index in [-0.39, 0.29) is 42.3 Å². The smallest absolute Gasteiger partial charge is 0.259 e. The normalized spacial score (nSPS) is 19.7. The molecule has 0 bridgehead atoms. The summed E-state index contributed by atoms with van der Waals surface area (Å²) < 4.78 is 0. The molecule has 1 aromatic carbocycles. The summed E-state index contributed by atoms with van der Waals surface area (Å²) in [7, 11) is 1.83. The van der Waals surface area contributed by atoms with Crippen molar-refractivity contribution in [3.05, 3.63) is 100 Å². The molecule has 3 aliphatic rings. The summed E-state index contributed by atoms with van der Waals surface area (Å²) in [5.41, 5.74) is 3.63. The first-order chi connectivity index (χ1) is 21.3. The lowest BCUT2D eigenvalue weighted by atomic mass is 9.86. The Morgan fingerprint density at radius 2 is 1.89 bits per heavy atom. The largest absolute Gasteiger partial charge is 0.396 e. The Morgan fingerprint density at radius 1 is 1.14 bits per heavy atom. The monoisotopic (exact) mass is 613 g/mol. The Kier molecular flexibility index (Phi) is 10.0. The fraction of sp³-hybridized carbons (Fsp3) is 0.353. The molecule has 3 amide bonds. The maximum absolute atomic E-state index is 13.9. The van der Waals surface area contributed by atoms with Crippen LogP contribution >= 0.6 is 12.6 Å². The Morgan fingerprint density at radius 3 is 2.61 bits per heavy atom. The number of hydrogen-bond acceptors (Lipinski definition) is 7. The number of benzene rings is 1. The fourth-order valence-corrected chi connectivity index (χ4v) is 5.81. The summed E-state index contributed by atoms with van der Waals surface area (Å²) in [5, 5.41) is 15.1. The average Bonchev–Trinajstić information content (AvgIpc) is 3.88. The van der Waals surface area contributed by atoms with Crippen molar-refractivity contribution in [1.29, 1.82) is 0 Å². The van der Waals surface area contributed by atoms with Crippen molar-refractivity contribution in [1.82, 2.24) is 15.2 Å². The molecule has 2 unspecified atom stereocenters. The van der Waals surface area contributed by atoms with Crippen LogP contribution in [0.1, 0.15) is 53.3 Å². The summed E-state index contributed by atoms with van der Waals surface area (Å²) >= 11 is 4.49. The van der Waals surface area contributed by atoms with Gasteiger partial charge in [0.25, 0.3) is 17.7 Å². The van der Waals surface area contributed by atoms with Gasteiger partial charge in [0, 0.05) is 56.2 Å². The predicted octanol–water partition coefficient (Wildman–Crippen LogP) is 4.52. The van der Waals surface area contributed by atoms with Crippen LogP contribution in [0.25, 0.3) is 0 Å². The number of allylic oxidation sites excluding steroid dienone is 3. The van der Waals surface area contributed by atoms with E-state index in [0.29, 0.717) is 53.5 Å². The number of anilines is 2. The summed E-state index contributed by atoms with van der Waals surface area (Å²) in [4.78, 5) is 48.1. The van der Waals surface area contributed by atoms with Crippen molar-refractivity contribution in [3.8, 4) is 0 Å². The van der Waals surface area contributed by atoms with Gasteiger partial charge < -0.3 is 25.5 Å². The van der Waals surface area contributed by atoms with Gasteiger partial charge in [0.2, 0.25) is 0 Å². The zero-order valence-electron chi connectivity index (χ0n) is 25.1. The maximum atomic E-state index is 13.9. The van der Waals surface area contributed by atoms with Crippen LogP contribution in [-0.2, 0) is 4.79 Å². The molecule has 0 saturated heterocycles. The minimum absolute atomic E-state index is 0.0203. The fourth-order valence-electron chi connectivity index (χ4n) is 5.59.